The molecule has 0 bridgehead atoms. The number of rotatable bonds is 9. The topological polar surface area (TPSA) is 30.9 Å². The lowest BCUT2D eigenvalue weighted by atomic mass is 9.69. The van der Waals surface area contributed by atoms with Gasteiger partial charge in [0.1, 0.15) is 5.75 Å². The van der Waals surface area contributed by atoms with Crippen molar-refractivity contribution < 1.29 is 18.6 Å². The fourth-order valence-electron chi connectivity index (χ4n) is 9.75. The van der Waals surface area contributed by atoms with Crippen molar-refractivity contribution in [2.24, 2.45) is 0 Å². The van der Waals surface area contributed by atoms with Gasteiger partial charge in [-0.25, -0.2) is 4.39 Å². The average molecular weight is 730 g/mol. The van der Waals surface area contributed by atoms with Crippen LogP contribution in [-0.4, -0.2) is 33.4 Å². The van der Waals surface area contributed by atoms with Gasteiger partial charge in [0.2, 0.25) is 0 Å². The smallest absolute Gasteiger partial charge is 0.178 e. The molecule has 0 radical (unpaired) electrons. The van der Waals surface area contributed by atoms with Gasteiger partial charge in [-0.05, 0) is 94.9 Å². The Morgan fingerprint density at radius 3 is 2.22 bits per heavy atom. The number of hydrogen-bond acceptors (Lipinski definition) is 4. The summed E-state index contributed by atoms with van der Waals surface area (Å²) in [5, 5.41) is 2.26. The minimum absolute atomic E-state index is 0.206. The van der Waals surface area contributed by atoms with Crippen LogP contribution >= 0.6 is 0 Å². The molecule has 1 unspecified atom stereocenters. The van der Waals surface area contributed by atoms with Gasteiger partial charge in [-0.1, -0.05) is 117 Å². The van der Waals surface area contributed by atoms with Gasteiger partial charge in [-0.2, -0.15) is 0 Å². The SMILES string of the molecule is CCCC1(CCC)c2cc(-c3ccccc3)ccc2-c2c1c1c(c3ccc(C)cc23)OC(c2ccc(N3CCOCC3)cc2)(c2ccc(OC)c(F)c2)C=C1. The van der Waals surface area contributed by atoms with E-state index in [0.29, 0.717) is 18.8 Å². The lowest BCUT2D eigenvalue weighted by molar-refractivity contribution is 0.122. The van der Waals surface area contributed by atoms with Crippen molar-refractivity contribution in [3.8, 4) is 33.8 Å². The summed E-state index contributed by atoms with van der Waals surface area (Å²) in [4.78, 5) is 2.35. The fourth-order valence-corrected chi connectivity index (χ4v) is 9.75. The molecule has 1 fully saturated rings. The third kappa shape index (κ3) is 5.66. The van der Waals surface area contributed by atoms with Gasteiger partial charge in [-0.15, -0.1) is 0 Å². The Balaban J connectivity index is 1.30. The Hall–Kier alpha value is -5.39. The number of benzene rings is 6. The maximum absolute atomic E-state index is 15.7. The first kappa shape index (κ1) is 35.3. The molecule has 2 heterocycles. The molecule has 55 heavy (non-hydrogen) atoms. The van der Waals surface area contributed by atoms with E-state index >= 15 is 4.39 Å². The second-order valence-corrected chi connectivity index (χ2v) is 15.4. The van der Waals surface area contributed by atoms with E-state index in [0.717, 1.165) is 66.7 Å². The fraction of sp³-hybridized carbons (Fsp3) is 0.280. The molecule has 4 nitrogen and oxygen atoms in total. The number of ether oxygens (including phenoxy) is 3. The van der Waals surface area contributed by atoms with Crippen molar-refractivity contribution in [2.75, 3.05) is 38.3 Å². The van der Waals surface area contributed by atoms with Crippen molar-refractivity contribution in [3.05, 3.63) is 154 Å². The highest BCUT2D eigenvalue weighted by atomic mass is 19.1. The van der Waals surface area contributed by atoms with Gasteiger partial charge in [0.15, 0.2) is 17.2 Å². The van der Waals surface area contributed by atoms with Crippen LogP contribution in [0.15, 0.2) is 115 Å². The Bertz CT molecular complexity index is 2420. The number of hydrogen-bond donors (Lipinski definition) is 0. The summed E-state index contributed by atoms with van der Waals surface area (Å²) in [6.07, 6.45) is 8.60. The van der Waals surface area contributed by atoms with E-state index in [1.807, 2.05) is 6.07 Å². The van der Waals surface area contributed by atoms with Crippen LogP contribution in [0.1, 0.15) is 72.9 Å². The molecule has 0 aromatic heterocycles. The first-order valence-corrected chi connectivity index (χ1v) is 19.9. The van der Waals surface area contributed by atoms with Gasteiger partial charge < -0.3 is 19.1 Å². The maximum atomic E-state index is 15.7. The molecular weight excluding hydrogens is 682 g/mol. The van der Waals surface area contributed by atoms with E-state index in [1.165, 1.54) is 51.4 Å². The van der Waals surface area contributed by atoms with Crippen LogP contribution < -0.4 is 14.4 Å². The molecule has 5 heteroatoms. The quantitative estimate of drug-likeness (QED) is 0.148. The van der Waals surface area contributed by atoms with Gasteiger partial charge in [0, 0.05) is 46.3 Å². The highest BCUT2D eigenvalue weighted by Gasteiger charge is 2.48. The summed E-state index contributed by atoms with van der Waals surface area (Å²) in [7, 11) is 1.50. The van der Waals surface area contributed by atoms with Gasteiger partial charge >= 0.3 is 0 Å². The molecule has 6 aromatic rings. The molecule has 9 rings (SSSR count). The third-order valence-corrected chi connectivity index (χ3v) is 12.2. The number of fused-ring (bicyclic) bond motifs is 8. The number of anilines is 1. The number of nitrogens with zero attached hydrogens (tertiary/aromatic N) is 1. The molecular formula is C50H48FNO3. The molecule has 3 aliphatic rings. The summed E-state index contributed by atoms with van der Waals surface area (Å²) in [6.45, 7) is 9.92. The summed E-state index contributed by atoms with van der Waals surface area (Å²) in [5.74, 6) is 0.630. The van der Waals surface area contributed by atoms with E-state index < -0.39 is 11.4 Å². The molecule has 1 saturated heterocycles. The van der Waals surface area contributed by atoms with Crippen molar-refractivity contribution in [2.45, 2.75) is 57.5 Å². The zero-order valence-electron chi connectivity index (χ0n) is 32.3. The molecule has 1 aliphatic carbocycles. The zero-order valence-corrected chi connectivity index (χ0v) is 32.3. The van der Waals surface area contributed by atoms with Gasteiger partial charge in [0.25, 0.3) is 0 Å². The Morgan fingerprint density at radius 2 is 1.51 bits per heavy atom. The van der Waals surface area contributed by atoms with E-state index in [9.17, 15) is 0 Å². The molecule has 2 aliphatic heterocycles. The number of morpholine rings is 1. The highest BCUT2D eigenvalue weighted by Crippen LogP contribution is 2.61. The molecule has 278 valence electrons. The summed E-state index contributed by atoms with van der Waals surface area (Å²) >= 11 is 0. The van der Waals surface area contributed by atoms with Crippen LogP contribution in [0.4, 0.5) is 10.1 Å². The molecule has 0 saturated carbocycles. The van der Waals surface area contributed by atoms with Gasteiger partial charge in [-0.3, -0.25) is 0 Å². The third-order valence-electron chi connectivity index (χ3n) is 12.2. The van der Waals surface area contributed by atoms with E-state index in [-0.39, 0.29) is 11.2 Å². The lowest BCUT2D eigenvalue weighted by Gasteiger charge is -2.40. The monoisotopic (exact) mass is 729 g/mol. The van der Waals surface area contributed by atoms with Crippen LogP contribution in [0.5, 0.6) is 11.5 Å². The minimum atomic E-state index is -1.10. The summed E-state index contributed by atoms with van der Waals surface area (Å²) in [6, 6.07) is 38.4. The molecule has 0 N–H and O–H groups in total. The van der Waals surface area contributed by atoms with Crippen molar-refractivity contribution in [1.29, 1.82) is 0 Å². The standard InChI is InChI=1S/C50H48FNO3/c1-5-23-49(24-6-2)43-31-35(34-10-8-7-9-11-34)13-20-40(43)46-42-30-33(3)12-19-39(42)48-41(47(46)49)22-25-50(55-48,37-16-21-45(53-4)44(51)32-37)36-14-17-38(18-15-36)52-26-28-54-29-27-52/h7-22,25,30-32H,5-6,23-24,26-29H2,1-4H3. The van der Waals surface area contributed by atoms with Crippen LogP contribution in [0.25, 0.3) is 39.1 Å². The normalized spacial score (nSPS) is 18.1. The largest absolute Gasteiger partial charge is 0.494 e. The van der Waals surface area contributed by atoms with Crippen LogP contribution in [0.3, 0.4) is 0 Å². The first-order valence-electron chi connectivity index (χ1n) is 19.9. The summed E-state index contributed by atoms with van der Waals surface area (Å²) < 4.78 is 34.3. The molecule has 1 atom stereocenters. The van der Waals surface area contributed by atoms with E-state index in [2.05, 4.69) is 129 Å². The minimum Gasteiger partial charge on any atom is -0.494 e. The number of methoxy groups -OCH3 is 1. The Morgan fingerprint density at radius 1 is 0.764 bits per heavy atom. The number of halogens is 1. The highest BCUT2D eigenvalue weighted by molar-refractivity contribution is 6.09. The van der Waals surface area contributed by atoms with Crippen LogP contribution in [0, 0.1) is 12.7 Å². The van der Waals surface area contributed by atoms with Crippen LogP contribution in [-0.2, 0) is 15.8 Å². The van der Waals surface area contributed by atoms with Crippen molar-refractivity contribution in [3.63, 3.8) is 0 Å². The predicted molar refractivity (Wildman–Crippen MR) is 223 cm³/mol. The second-order valence-electron chi connectivity index (χ2n) is 15.4. The predicted octanol–water partition coefficient (Wildman–Crippen LogP) is 12.0. The Kier molecular flexibility index (Phi) is 9.01. The molecule has 6 aromatic carbocycles. The van der Waals surface area contributed by atoms with Crippen molar-refractivity contribution in [1.82, 2.24) is 0 Å². The maximum Gasteiger partial charge on any atom is 0.178 e. The number of aryl methyl sites for hydroxylation is 1. The zero-order chi connectivity index (χ0) is 37.7. The van der Waals surface area contributed by atoms with Crippen LogP contribution in [0.2, 0.25) is 0 Å². The second kappa shape index (κ2) is 14.0. The van der Waals surface area contributed by atoms with Gasteiger partial charge in [0.05, 0.1) is 20.3 Å². The van der Waals surface area contributed by atoms with E-state index in [4.69, 9.17) is 14.2 Å². The van der Waals surface area contributed by atoms with E-state index in [1.54, 1.807) is 12.1 Å². The van der Waals surface area contributed by atoms with Crippen molar-refractivity contribution >= 4 is 22.5 Å². The summed E-state index contributed by atoms with van der Waals surface area (Å²) in [5.41, 5.74) is 11.7. The molecule has 0 spiro atoms. The first-order chi connectivity index (χ1) is 26.9. The lowest BCUT2D eigenvalue weighted by Crippen LogP contribution is -2.37. The average Bonchev–Trinajstić information content (AvgIpc) is 3.50. The molecule has 0 amide bonds. The Labute approximate surface area is 324 Å².